The Labute approximate surface area is 143 Å². The van der Waals surface area contributed by atoms with Crippen LogP contribution in [0.15, 0.2) is 29.4 Å². The molecule has 5 heteroatoms. The fraction of sp³-hybridized carbons (Fsp3) is 0.474. The third kappa shape index (κ3) is 3.08. The molecule has 1 aromatic heterocycles. The van der Waals surface area contributed by atoms with Crippen LogP contribution in [-0.4, -0.2) is 60.8 Å². The number of aromatic nitrogens is 1. The number of H-pyrrole nitrogens is 1. The Kier molecular flexibility index (Phi) is 4.45. The van der Waals surface area contributed by atoms with Crippen LogP contribution >= 0.6 is 0 Å². The SMILES string of the molecule is CC(=NC(=O)c1ccc2[nH]cc(C3CC(N(C)C)C3)c2c1)N(C)C. The van der Waals surface area contributed by atoms with Gasteiger partial charge in [-0.25, -0.2) is 0 Å². The number of hydrogen-bond acceptors (Lipinski definition) is 2. The molecule has 1 aliphatic carbocycles. The smallest absolute Gasteiger partial charge is 0.278 e. The Morgan fingerprint density at radius 2 is 1.92 bits per heavy atom. The number of nitrogens with zero attached hydrogens (tertiary/aromatic N) is 3. The molecule has 0 atom stereocenters. The molecule has 1 N–H and O–H groups in total. The van der Waals surface area contributed by atoms with Crippen molar-refractivity contribution in [3.05, 3.63) is 35.5 Å². The first-order valence-electron chi connectivity index (χ1n) is 8.41. The lowest BCUT2D eigenvalue weighted by Gasteiger charge is -2.39. The minimum atomic E-state index is -0.185. The Bertz CT molecular complexity index is 782. The van der Waals surface area contributed by atoms with Gasteiger partial charge in [-0.2, -0.15) is 4.99 Å². The lowest BCUT2D eigenvalue weighted by Crippen LogP contribution is -2.39. The summed E-state index contributed by atoms with van der Waals surface area (Å²) < 4.78 is 0. The van der Waals surface area contributed by atoms with E-state index in [-0.39, 0.29) is 5.91 Å². The molecule has 128 valence electrons. The molecule has 0 aliphatic heterocycles. The molecule has 0 saturated heterocycles. The molecule has 3 rings (SSSR count). The van der Waals surface area contributed by atoms with Crippen LogP contribution in [0.25, 0.3) is 10.9 Å². The maximum absolute atomic E-state index is 12.4. The summed E-state index contributed by atoms with van der Waals surface area (Å²) in [5.41, 5.74) is 3.06. The van der Waals surface area contributed by atoms with Crippen molar-refractivity contribution < 1.29 is 4.79 Å². The Hall–Kier alpha value is -2.14. The quantitative estimate of drug-likeness (QED) is 0.696. The molecule has 1 aromatic carbocycles. The van der Waals surface area contributed by atoms with Crippen molar-refractivity contribution in [1.82, 2.24) is 14.8 Å². The van der Waals surface area contributed by atoms with Gasteiger partial charge in [0, 0.05) is 42.8 Å². The number of aliphatic imine (C=N–C) groups is 1. The molecule has 1 amide bonds. The number of hydrogen-bond donors (Lipinski definition) is 1. The number of carbonyl (C=O) groups excluding carboxylic acids is 1. The van der Waals surface area contributed by atoms with E-state index >= 15 is 0 Å². The van der Waals surface area contributed by atoms with E-state index in [9.17, 15) is 4.79 Å². The van der Waals surface area contributed by atoms with E-state index in [0.717, 1.165) is 10.9 Å². The molecule has 0 radical (unpaired) electrons. The van der Waals surface area contributed by atoms with E-state index < -0.39 is 0 Å². The van der Waals surface area contributed by atoms with Crippen molar-refractivity contribution in [3.63, 3.8) is 0 Å². The first-order valence-corrected chi connectivity index (χ1v) is 8.41. The first-order chi connectivity index (χ1) is 11.4. The number of amidine groups is 1. The topological polar surface area (TPSA) is 51.7 Å². The summed E-state index contributed by atoms with van der Waals surface area (Å²) >= 11 is 0. The van der Waals surface area contributed by atoms with Crippen LogP contribution < -0.4 is 0 Å². The van der Waals surface area contributed by atoms with Crippen molar-refractivity contribution in [3.8, 4) is 0 Å². The van der Waals surface area contributed by atoms with E-state index in [1.54, 1.807) is 0 Å². The highest BCUT2D eigenvalue weighted by Crippen LogP contribution is 2.41. The van der Waals surface area contributed by atoms with E-state index in [2.05, 4.69) is 35.2 Å². The van der Waals surface area contributed by atoms with Crippen LogP contribution in [0.5, 0.6) is 0 Å². The van der Waals surface area contributed by atoms with Crippen LogP contribution in [0.3, 0.4) is 0 Å². The van der Waals surface area contributed by atoms with Crippen LogP contribution in [0, 0.1) is 0 Å². The van der Waals surface area contributed by atoms with Gasteiger partial charge in [0.15, 0.2) is 0 Å². The fourth-order valence-corrected chi connectivity index (χ4v) is 3.19. The van der Waals surface area contributed by atoms with Gasteiger partial charge >= 0.3 is 0 Å². The largest absolute Gasteiger partial charge is 0.366 e. The van der Waals surface area contributed by atoms with Gasteiger partial charge in [-0.3, -0.25) is 4.79 Å². The molecule has 0 spiro atoms. The van der Waals surface area contributed by atoms with Crippen molar-refractivity contribution in [2.75, 3.05) is 28.2 Å². The molecule has 0 unspecified atom stereocenters. The molecule has 5 nitrogen and oxygen atoms in total. The van der Waals surface area contributed by atoms with Gasteiger partial charge in [-0.15, -0.1) is 0 Å². The van der Waals surface area contributed by atoms with Crippen LogP contribution in [-0.2, 0) is 0 Å². The highest BCUT2D eigenvalue weighted by molar-refractivity contribution is 6.04. The van der Waals surface area contributed by atoms with Crippen molar-refractivity contribution in [2.24, 2.45) is 4.99 Å². The maximum Gasteiger partial charge on any atom is 0.278 e. The van der Waals surface area contributed by atoms with E-state index in [1.807, 2.05) is 44.1 Å². The number of aromatic amines is 1. The van der Waals surface area contributed by atoms with Crippen LogP contribution in [0.1, 0.15) is 41.6 Å². The van der Waals surface area contributed by atoms with Crippen molar-refractivity contribution in [1.29, 1.82) is 0 Å². The predicted molar refractivity (Wildman–Crippen MR) is 98.9 cm³/mol. The molecule has 2 aromatic rings. The van der Waals surface area contributed by atoms with Crippen molar-refractivity contribution >= 4 is 22.6 Å². The summed E-state index contributed by atoms with van der Waals surface area (Å²) in [7, 11) is 8.05. The van der Waals surface area contributed by atoms with E-state index in [1.165, 1.54) is 18.4 Å². The lowest BCUT2D eigenvalue weighted by molar-refractivity contribution is 0.100. The van der Waals surface area contributed by atoms with Crippen molar-refractivity contribution in [2.45, 2.75) is 31.7 Å². The van der Waals surface area contributed by atoms with Gasteiger partial charge in [0.05, 0.1) is 0 Å². The summed E-state index contributed by atoms with van der Waals surface area (Å²) in [6, 6.07) is 6.48. The number of carbonyl (C=O) groups is 1. The van der Waals surface area contributed by atoms with Gasteiger partial charge < -0.3 is 14.8 Å². The zero-order chi connectivity index (χ0) is 17.4. The van der Waals surface area contributed by atoms with Gasteiger partial charge in [-0.1, -0.05) is 0 Å². The van der Waals surface area contributed by atoms with Gasteiger partial charge in [0.2, 0.25) is 0 Å². The molecule has 1 heterocycles. The highest BCUT2D eigenvalue weighted by atomic mass is 16.1. The molecule has 1 fully saturated rings. The molecule has 1 aliphatic rings. The van der Waals surface area contributed by atoms with E-state index in [0.29, 0.717) is 23.4 Å². The highest BCUT2D eigenvalue weighted by Gasteiger charge is 2.33. The van der Waals surface area contributed by atoms with Crippen LogP contribution in [0.2, 0.25) is 0 Å². The Balaban J connectivity index is 1.87. The third-order valence-corrected chi connectivity index (χ3v) is 5.15. The number of benzene rings is 1. The number of nitrogens with one attached hydrogen (secondary N) is 1. The predicted octanol–water partition coefficient (Wildman–Crippen LogP) is 3.10. The van der Waals surface area contributed by atoms with Gasteiger partial charge in [0.25, 0.3) is 5.91 Å². The summed E-state index contributed by atoms with van der Waals surface area (Å²) in [6.45, 7) is 1.84. The zero-order valence-corrected chi connectivity index (χ0v) is 15.1. The zero-order valence-electron chi connectivity index (χ0n) is 15.1. The molecule has 24 heavy (non-hydrogen) atoms. The third-order valence-electron chi connectivity index (χ3n) is 5.15. The maximum atomic E-state index is 12.4. The fourth-order valence-electron chi connectivity index (χ4n) is 3.19. The second-order valence-corrected chi connectivity index (χ2v) is 7.15. The van der Waals surface area contributed by atoms with Crippen LogP contribution in [0.4, 0.5) is 0 Å². The minimum absolute atomic E-state index is 0.185. The second kappa shape index (κ2) is 6.40. The lowest BCUT2D eigenvalue weighted by atomic mass is 9.75. The Morgan fingerprint density at radius 3 is 2.54 bits per heavy atom. The number of amides is 1. The molecule has 0 bridgehead atoms. The number of rotatable bonds is 3. The monoisotopic (exact) mass is 326 g/mol. The molecular formula is C19H26N4O. The summed E-state index contributed by atoms with van der Waals surface area (Å²) in [4.78, 5) is 24.0. The first kappa shape index (κ1) is 16.7. The van der Waals surface area contributed by atoms with Gasteiger partial charge in [0.1, 0.15) is 5.84 Å². The molecular weight excluding hydrogens is 300 g/mol. The second-order valence-electron chi connectivity index (χ2n) is 7.15. The minimum Gasteiger partial charge on any atom is -0.366 e. The molecule has 1 saturated carbocycles. The average molecular weight is 326 g/mol. The summed E-state index contributed by atoms with van der Waals surface area (Å²) in [5, 5.41) is 1.15. The summed E-state index contributed by atoms with van der Waals surface area (Å²) in [5.74, 6) is 1.10. The number of fused-ring (bicyclic) bond motifs is 1. The normalized spacial score (nSPS) is 21.2. The summed E-state index contributed by atoms with van der Waals surface area (Å²) in [6.07, 6.45) is 4.45. The van der Waals surface area contributed by atoms with Gasteiger partial charge in [-0.05, 0) is 63.5 Å². The average Bonchev–Trinajstić information content (AvgIpc) is 2.88. The standard InChI is InChI=1S/C19H26N4O/c1-12(22(2)3)21-19(24)13-6-7-18-16(10-13)17(11-20-18)14-8-15(9-14)23(4)5/h6-7,10-11,14-15,20H,8-9H2,1-5H3. The Morgan fingerprint density at radius 1 is 1.21 bits per heavy atom. The van der Waals surface area contributed by atoms with E-state index in [4.69, 9.17) is 0 Å².